The molecule has 0 bridgehead atoms. The third-order valence-corrected chi connectivity index (χ3v) is 5.22. The van der Waals surface area contributed by atoms with Crippen LogP contribution in [0.1, 0.15) is 38.7 Å². The maximum Gasteiger partial charge on any atom is 0.0625 e. The topological polar surface area (TPSA) is 29.5 Å². The summed E-state index contributed by atoms with van der Waals surface area (Å²) in [5.74, 6) is 0.287. The predicted octanol–water partition coefficient (Wildman–Crippen LogP) is 4.59. The highest BCUT2D eigenvalue weighted by Gasteiger charge is 2.34. The number of fused-ring (bicyclic) bond motifs is 1. The lowest BCUT2D eigenvalue weighted by Crippen LogP contribution is -2.37. The van der Waals surface area contributed by atoms with E-state index >= 15 is 0 Å². The molecule has 3 rings (SSSR count). The Bertz CT molecular complexity index is 647. The minimum absolute atomic E-state index is 0.216. The first-order valence-corrected chi connectivity index (χ1v) is 8.77. The summed E-state index contributed by atoms with van der Waals surface area (Å²) in [4.78, 5) is 0. The second kappa shape index (κ2) is 7.02. The van der Waals surface area contributed by atoms with Crippen molar-refractivity contribution in [3.63, 3.8) is 0 Å². The molecule has 124 valence electrons. The molecule has 2 nitrogen and oxygen atoms in total. The highest BCUT2D eigenvalue weighted by Crippen LogP contribution is 2.39. The molecule has 1 fully saturated rings. The molecular formula is C21H28O2. The molecule has 1 saturated carbocycles. The number of aliphatic hydroxyl groups excluding tert-OH is 1. The second-order valence-electron chi connectivity index (χ2n) is 7.69. The molecule has 0 saturated heterocycles. The van der Waals surface area contributed by atoms with Crippen molar-refractivity contribution in [1.82, 2.24) is 0 Å². The molecule has 0 amide bonds. The molecule has 2 aromatic rings. The van der Waals surface area contributed by atoms with E-state index in [0.29, 0.717) is 5.41 Å². The quantitative estimate of drug-likeness (QED) is 0.875. The fourth-order valence-electron chi connectivity index (χ4n) is 3.84. The number of benzene rings is 2. The lowest BCUT2D eigenvalue weighted by atomic mass is 9.71. The van der Waals surface area contributed by atoms with E-state index in [1.54, 1.807) is 0 Å². The summed E-state index contributed by atoms with van der Waals surface area (Å²) in [5, 5.41) is 12.2. The molecular weight excluding hydrogens is 284 g/mol. The lowest BCUT2D eigenvalue weighted by Gasteiger charge is -2.39. The Balaban J connectivity index is 1.55. The van der Waals surface area contributed by atoms with Gasteiger partial charge in [-0.1, -0.05) is 56.3 Å². The second-order valence-corrected chi connectivity index (χ2v) is 7.69. The molecule has 2 aromatic carbocycles. The van der Waals surface area contributed by atoms with E-state index in [2.05, 4.69) is 56.3 Å². The Morgan fingerprint density at radius 3 is 2.70 bits per heavy atom. The molecule has 23 heavy (non-hydrogen) atoms. The fraction of sp³-hybridized carbons (Fsp3) is 0.524. The van der Waals surface area contributed by atoms with Gasteiger partial charge in [-0.3, -0.25) is 0 Å². The Labute approximate surface area is 139 Å². The van der Waals surface area contributed by atoms with Crippen LogP contribution in [0, 0.1) is 11.3 Å². The SMILES string of the molecule is CC1(C)CC[C@@H](OCCc2ccc3ccccc3c2)[C@H](CO)C1. The summed E-state index contributed by atoms with van der Waals surface area (Å²) in [6.45, 7) is 5.56. The number of ether oxygens (including phenoxy) is 1. The van der Waals surface area contributed by atoms with Crippen LogP contribution < -0.4 is 0 Å². The highest BCUT2D eigenvalue weighted by atomic mass is 16.5. The van der Waals surface area contributed by atoms with Gasteiger partial charge in [0.1, 0.15) is 0 Å². The molecule has 0 heterocycles. The number of rotatable bonds is 5. The fourth-order valence-corrected chi connectivity index (χ4v) is 3.84. The van der Waals surface area contributed by atoms with Crippen LogP contribution in [0.5, 0.6) is 0 Å². The zero-order chi connectivity index (χ0) is 16.3. The Kier molecular flexibility index (Phi) is 5.03. The van der Waals surface area contributed by atoms with E-state index in [-0.39, 0.29) is 18.6 Å². The lowest BCUT2D eigenvalue weighted by molar-refractivity contribution is -0.0536. The van der Waals surface area contributed by atoms with Crippen molar-refractivity contribution >= 4 is 10.8 Å². The van der Waals surface area contributed by atoms with Crippen LogP contribution in [0.3, 0.4) is 0 Å². The summed E-state index contributed by atoms with van der Waals surface area (Å²) < 4.78 is 6.14. The van der Waals surface area contributed by atoms with Gasteiger partial charge in [-0.05, 0) is 47.4 Å². The van der Waals surface area contributed by atoms with Crippen molar-refractivity contribution in [1.29, 1.82) is 0 Å². The normalized spacial score (nSPS) is 24.0. The van der Waals surface area contributed by atoms with Gasteiger partial charge in [-0.15, -0.1) is 0 Å². The molecule has 2 atom stereocenters. The van der Waals surface area contributed by atoms with Crippen LogP contribution in [0.2, 0.25) is 0 Å². The van der Waals surface area contributed by atoms with Gasteiger partial charge in [0.25, 0.3) is 0 Å². The highest BCUT2D eigenvalue weighted by molar-refractivity contribution is 5.82. The maximum absolute atomic E-state index is 9.65. The number of hydrogen-bond donors (Lipinski definition) is 1. The first kappa shape index (κ1) is 16.5. The minimum atomic E-state index is 0.216. The van der Waals surface area contributed by atoms with Crippen molar-refractivity contribution < 1.29 is 9.84 Å². The van der Waals surface area contributed by atoms with Gasteiger partial charge in [0.15, 0.2) is 0 Å². The molecule has 1 aliphatic carbocycles. The maximum atomic E-state index is 9.65. The summed E-state index contributed by atoms with van der Waals surface area (Å²) >= 11 is 0. The third-order valence-electron chi connectivity index (χ3n) is 5.22. The first-order valence-electron chi connectivity index (χ1n) is 8.77. The van der Waals surface area contributed by atoms with E-state index in [4.69, 9.17) is 4.74 Å². The summed E-state index contributed by atoms with van der Waals surface area (Å²) in [6, 6.07) is 15.1. The van der Waals surface area contributed by atoms with Crippen molar-refractivity contribution in [2.75, 3.05) is 13.2 Å². The van der Waals surface area contributed by atoms with Gasteiger partial charge in [0, 0.05) is 12.5 Å². The first-order chi connectivity index (χ1) is 11.1. The third kappa shape index (κ3) is 4.13. The molecule has 1 N–H and O–H groups in total. The average molecular weight is 312 g/mol. The summed E-state index contributed by atoms with van der Waals surface area (Å²) in [6.07, 6.45) is 4.46. The van der Waals surface area contributed by atoms with Crippen molar-refractivity contribution in [2.24, 2.45) is 11.3 Å². The Morgan fingerprint density at radius 2 is 1.91 bits per heavy atom. The summed E-state index contributed by atoms with van der Waals surface area (Å²) in [5.41, 5.74) is 1.66. The number of aliphatic hydroxyl groups is 1. The van der Waals surface area contributed by atoms with E-state index in [1.807, 2.05) is 0 Å². The minimum Gasteiger partial charge on any atom is -0.396 e. The molecule has 0 unspecified atom stereocenters. The van der Waals surface area contributed by atoms with Crippen molar-refractivity contribution in [3.05, 3.63) is 48.0 Å². The largest absolute Gasteiger partial charge is 0.396 e. The molecule has 0 aliphatic heterocycles. The molecule has 0 spiro atoms. The van der Waals surface area contributed by atoms with Gasteiger partial charge < -0.3 is 9.84 Å². The van der Waals surface area contributed by atoms with Gasteiger partial charge >= 0.3 is 0 Å². The van der Waals surface area contributed by atoms with E-state index in [0.717, 1.165) is 25.9 Å². The van der Waals surface area contributed by atoms with Gasteiger partial charge in [-0.2, -0.15) is 0 Å². The predicted molar refractivity (Wildman–Crippen MR) is 95.6 cm³/mol. The molecule has 0 aromatic heterocycles. The standard InChI is InChI=1S/C21H28O2/c1-21(2)11-9-20(19(14-21)15-22)23-12-10-16-7-8-17-5-3-4-6-18(17)13-16/h3-8,13,19-20,22H,9-12,14-15H2,1-2H3/t19-,20+/m0/s1. The van der Waals surface area contributed by atoms with Crippen LogP contribution in [-0.4, -0.2) is 24.4 Å². The smallest absolute Gasteiger partial charge is 0.0625 e. The summed E-state index contributed by atoms with van der Waals surface area (Å²) in [7, 11) is 0. The van der Waals surface area contributed by atoms with E-state index in [9.17, 15) is 5.11 Å². The van der Waals surface area contributed by atoms with Crippen LogP contribution >= 0.6 is 0 Å². The Morgan fingerprint density at radius 1 is 1.13 bits per heavy atom. The van der Waals surface area contributed by atoms with Gasteiger partial charge in [-0.25, -0.2) is 0 Å². The van der Waals surface area contributed by atoms with E-state index in [1.165, 1.54) is 22.8 Å². The van der Waals surface area contributed by atoms with Gasteiger partial charge in [0.2, 0.25) is 0 Å². The molecule has 2 heteroatoms. The monoisotopic (exact) mass is 312 g/mol. The average Bonchev–Trinajstić information content (AvgIpc) is 2.55. The molecule has 1 aliphatic rings. The van der Waals surface area contributed by atoms with Crippen LogP contribution in [0.4, 0.5) is 0 Å². The van der Waals surface area contributed by atoms with Crippen molar-refractivity contribution in [2.45, 2.75) is 45.6 Å². The van der Waals surface area contributed by atoms with Gasteiger partial charge in [0.05, 0.1) is 12.7 Å². The zero-order valence-corrected chi connectivity index (χ0v) is 14.3. The zero-order valence-electron chi connectivity index (χ0n) is 14.3. The van der Waals surface area contributed by atoms with Crippen molar-refractivity contribution in [3.8, 4) is 0 Å². The number of hydrogen-bond acceptors (Lipinski definition) is 2. The van der Waals surface area contributed by atoms with Crippen LogP contribution in [0.25, 0.3) is 10.8 Å². The van der Waals surface area contributed by atoms with E-state index < -0.39 is 0 Å². The molecule has 0 radical (unpaired) electrons. The Hall–Kier alpha value is -1.38. The van der Waals surface area contributed by atoms with Crippen LogP contribution in [-0.2, 0) is 11.2 Å². The van der Waals surface area contributed by atoms with Crippen LogP contribution in [0.15, 0.2) is 42.5 Å².